The van der Waals surface area contributed by atoms with Gasteiger partial charge in [-0.2, -0.15) is 0 Å². The van der Waals surface area contributed by atoms with Crippen molar-refractivity contribution in [3.8, 4) is 0 Å². The molecule has 0 saturated carbocycles. The molecule has 24 heavy (non-hydrogen) atoms. The number of thioether (sulfide) groups is 1. The van der Waals surface area contributed by atoms with Gasteiger partial charge >= 0.3 is 0 Å². The van der Waals surface area contributed by atoms with E-state index in [9.17, 15) is 14.9 Å². The van der Waals surface area contributed by atoms with E-state index in [0.717, 1.165) is 17.7 Å². The number of nitro benzene ring substituents is 1. The maximum Gasteiger partial charge on any atom is 0.270 e. The summed E-state index contributed by atoms with van der Waals surface area (Å²) in [6.07, 6.45) is 3.90. The third-order valence-electron chi connectivity index (χ3n) is 3.78. The molecule has 122 valence electrons. The minimum atomic E-state index is -0.450. The highest BCUT2D eigenvalue weighted by atomic mass is 32.2. The van der Waals surface area contributed by atoms with Gasteiger partial charge in [-0.15, -0.1) is 11.8 Å². The molecule has 6 heteroatoms. The Hall–Kier alpha value is -2.60. The lowest BCUT2D eigenvalue weighted by molar-refractivity contribution is -0.384. The highest BCUT2D eigenvalue weighted by Gasteiger charge is 2.20. The lowest BCUT2D eigenvalue weighted by Crippen LogP contribution is -2.29. The molecule has 1 unspecified atom stereocenters. The van der Waals surface area contributed by atoms with Crippen molar-refractivity contribution in [1.29, 1.82) is 0 Å². The summed E-state index contributed by atoms with van der Waals surface area (Å²) in [6, 6.07) is 14.3. The monoisotopic (exact) mass is 340 g/mol. The van der Waals surface area contributed by atoms with Crippen LogP contribution in [0, 0.1) is 10.1 Å². The molecule has 1 aliphatic heterocycles. The second-order valence-electron chi connectivity index (χ2n) is 5.42. The normalized spacial score (nSPS) is 16.6. The first-order valence-corrected chi connectivity index (χ1v) is 8.57. The lowest BCUT2D eigenvalue weighted by Gasteiger charge is -2.25. The second kappa shape index (κ2) is 7.31. The fourth-order valence-corrected chi connectivity index (χ4v) is 3.75. The molecule has 2 aromatic rings. The number of carbonyl (C=O) groups excluding carboxylic acids is 1. The summed E-state index contributed by atoms with van der Waals surface area (Å²) in [5.74, 6) is 0.768. The fourth-order valence-electron chi connectivity index (χ4n) is 2.63. The van der Waals surface area contributed by atoms with Gasteiger partial charge in [-0.05, 0) is 29.7 Å². The number of nitro groups is 1. The van der Waals surface area contributed by atoms with E-state index in [1.807, 2.05) is 18.2 Å². The molecule has 0 aliphatic carbocycles. The lowest BCUT2D eigenvalue weighted by atomic mass is 10.0. The summed E-state index contributed by atoms with van der Waals surface area (Å²) in [7, 11) is 0. The molecule has 0 aromatic heterocycles. The standard InChI is InChI=1S/C18H16N2O3S/c21-18(9-8-13-4-3-5-14(12-13)20(22)23)19-16-10-11-24-17-7-2-1-6-15(16)17/h1-9,12,16H,10-11H2,(H,19,21). The molecule has 0 bridgehead atoms. The molecule has 1 aliphatic rings. The molecule has 0 fully saturated rings. The average molecular weight is 340 g/mol. The van der Waals surface area contributed by atoms with Crippen LogP contribution in [0.4, 0.5) is 5.69 Å². The van der Waals surface area contributed by atoms with Crippen LogP contribution in [-0.2, 0) is 4.79 Å². The molecule has 5 nitrogen and oxygen atoms in total. The maximum absolute atomic E-state index is 12.2. The van der Waals surface area contributed by atoms with Gasteiger partial charge in [0.2, 0.25) is 5.91 Å². The topological polar surface area (TPSA) is 72.2 Å². The Morgan fingerprint density at radius 3 is 2.92 bits per heavy atom. The van der Waals surface area contributed by atoms with Crippen molar-refractivity contribution in [2.75, 3.05) is 5.75 Å². The van der Waals surface area contributed by atoms with E-state index in [2.05, 4.69) is 11.4 Å². The molecular weight excluding hydrogens is 324 g/mol. The van der Waals surface area contributed by atoms with Crippen LogP contribution in [0.1, 0.15) is 23.6 Å². The smallest absolute Gasteiger partial charge is 0.270 e. The van der Waals surface area contributed by atoms with Gasteiger partial charge in [0, 0.05) is 28.9 Å². The van der Waals surface area contributed by atoms with Gasteiger partial charge in [0.05, 0.1) is 11.0 Å². The SMILES string of the molecule is O=C(C=Cc1cccc([N+](=O)[O-])c1)NC1CCSc2ccccc21. The predicted molar refractivity (Wildman–Crippen MR) is 94.8 cm³/mol. The van der Waals surface area contributed by atoms with Gasteiger partial charge < -0.3 is 5.32 Å². The number of fused-ring (bicyclic) bond motifs is 1. The van der Waals surface area contributed by atoms with E-state index in [4.69, 9.17) is 0 Å². The number of rotatable bonds is 4. The van der Waals surface area contributed by atoms with E-state index >= 15 is 0 Å². The quantitative estimate of drug-likeness (QED) is 0.519. The molecule has 1 heterocycles. The van der Waals surface area contributed by atoms with Crippen LogP contribution < -0.4 is 5.32 Å². The Balaban J connectivity index is 1.68. The predicted octanol–water partition coefficient (Wildman–Crippen LogP) is 3.96. The zero-order chi connectivity index (χ0) is 16.9. The van der Waals surface area contributed by atoms with E-state index in [0.29, 0.717) is 5.56 Å². The number of hydrogen-bond acceptors (Lipinski definition) is 4. The summed E-state index contributed by atoms with van der Waals surface area (Å²) < 4.78 is 0. The Morgan fingerprint density at radius 2 is 2.08 bits per heavy atom. The third kappa shape index (κ3) is 3.83. The van der Waals surface area contributed by atoms with Crippen LogP contribution in [0.2, 0.25) is 0 Å². The molecule has 1 atom stereocenters. The Labute approximate surface area is 143 Å². The number of non-ortho nitro benzene ring substituents is 1. The zero-order valence-electron chi connectivity index (χ0n) is 12.8. The van der Waals surface area contributed by atoms with Crippen LogP contribution in [-0.4, -0.2) is 16.6 Å². The first-order chi connectivity index (χ1) is 11.6. The number of amides is 1. The van der Waals surface area contributed by atoms with E-state index < -0.39 is 4.92 Å². The van der Waals surface area contributed by atoms with E-state index in [1.165, 1.54) is 23.1 Å². The molecule has 0 radical (unpaired) electrons. The molecule has 3 rings (SSSR count). The Bertz CT molecular complexity index is 804. The number of carbonyl (C=O) groups is 1. The highest BCUT2D eigenvalue weighted by molar-refractivity contribution is 7.99. The number of benzene rings is 2. The van der Waals surface area contributed by atoms with Gasteiger partial charge in [-0.1, -0.05) is 30.3 Å². The van der Waals surface area contributed by atoms with Crippen molar-refractivity contribution in [2.24, 2.45) is 0 Å². The van der Waals surface area contributed by atoms with Crippen LogP contribution >= 0.6 is 11.8 Å². The molecule has 0 saturated heterocycles. The molecule has 0 spiro atoms. The van der Waals surface area contributed by atoms with Crippen LogP contribution in [0.5, 0.6) is 0 Å². The molecular formula is C18H16N2O3S. The summed E-state index contributed by atoms with van der Waals surface area (Å²) in [5, 5.41) is 13.8. The third-order valence-corrected chi connectivity index (χ3v) is 4.91. The first kappa shape index (κ1) is 16.3. The summed E-state index contributed by atoms with van der Waals surface area (Å²) >= 11 is 1.80. The van der Waals surface area contributed by atoms with Gasteiger partial charge in [-0.3, -0.25) is 14.9 Å². The highest BCUT2D eigenvalue weighted by Crippen LogP contribution is 2.35. The molecule has 1 amide bonds. The van der Waals surface area contributed by atoms with Gasteiger partial charge in [0.25, 0.3) is 5.69 Å². The van der Waals surface area contributed by atoms with Crippen molar-refractivity contribution in [2.45, 2.75) is 17.4 Å². The van der Waals surface area contributed by atoms with Gasteiger partial charge in [0.15, 0.2) is 0 Å². The van der Waals surface area contributed by atoms with Crippen LogP contribution in [0.25, 0.3) is 6.08 Å². The summed E-state index contributed by atoms with van der Waals surface area (Å²) in [5.41, 5.74) is 1.78. The van der Waals surface area contributed by atoms with Crippen molar-refractivity contribution in [3.63, 3.8) is 0 Å². The van der Waals surface area contributed by atoms with Crippen molar-refractivity contribution in [3.05, 3.63) is 75.8 Å². The van der Waals surface area contributed by atoms with Gasteiger partial charge in [0.1, 0.15) is 0 Å². The molecule has 1 N–H and O–H groups in total. The van der Waals surface area contributed by atoms with Crippen LogP contribution in [0.3, 0.4) is 0 Å². The largest absolute Gasteiger partial charge is 0.346 e. The maximum atomic E-state index is 12.2. The van der Waals surface area contributed by atoms with Crippen LogP contribution in [0.15, 0.2) is 59.5 Å². The average Bonchev–Trinajstić information content (AvgIpc) is 2.60. The van der Waals surface area contributed by atoms with E-state index in [-0.39, 0.29) is 17.6 Å². The number of hydrogen-bond donors (Lipinski definition) is 1. The van der Waals surface area contributed by atoms with E-state index in [1.54, 1.807) is 30.0 Å². The number of nitrogens with zero attached hydrogens (tertiary/aromatic N) is 1. The van der Waals surface area contributed by atoms with Crippen molar-refractivity contribution in [1.82, 2.24) is 5.32 Å². The summed E-state index contributed by atoms with van der Waals surface area (Å²) in [6.45, 7) is 0. The Kier molecular flexibility index (Phi) is 4.96. The van der Waals surface area contributed by atoms with Crippen molar-refractivity contribution >= 4 is 29.4 Å². The molecule has 2 aromatic carbocycles. The number of nitrogens with one attached hydrogen (secondary N) is 1. The zero-order valence-corrected chi connectivity index (χ0v) is 13.7. The Morgan fingerprint density at radius 1 is 1.25 bits per heavy atom. The minimum Gasteiger partial charge on any atom is -0.346 e. The van der Waals surface area contributed by atoms with Gasteiger partial charge in [-0.25, -0.2) is 0 Å². The second-order valence-corrected chi connectivity index (χ2v) is 6.56. The summed E-state index contributed by atoms with van der Waals surface area (Å²) in [4.78, 5) is 23.7. The minimum absolute atomic E-state index is 0.00436. The van der Waals surface area contributed by atoms with Crippen molar-refractivity contribution < 1.29 is 9.72 Å². The first-order valence-electron chi connectivity index (χ1n) is 7.58. The fraction of sp³-hybridized carbons (Fsp3) is 0.167.